The summed E-state index contributed by atoms with van der Waals surface area (Å²) in [5.74, 6) is 1.98. The van der Waals surface area contributed by atoms with Crippen molar-refractivity contribution in [3.05, 3.63) is 0 Å². The molecule has 0 fully saturated rings. The molecule has 0 aromatic heterocycles. The van der Waals surface area contributed by atoms with E-state index in [1.807, 2.05) is 0 Å². The number of ether oxygens (including phenoxy) is 1. The standard InChI is InChI=1S/C8H15NO2Si/c1-12(2,3)7-4-8(10)11-6-5-9/h5-6,9H2,1-3H3. The molecule has 0 spiro atoms. The van der Waals surface area contributed by atoms with Crippen molar-refractivity contribution in [1.29, 1.82) is 0 Å². The molecule has 0 radical (unpaired) electrons. The van der Waals surface area contributed by atoms with Gasteiger partial charge in [-0.2, -0.15) is 0 Å². The fraction of sp³-hybridized carbons (Fsp3) is 0.625. The number of nitrogens with two attached hydrogens (primary N) is 1. The maximum absolute atomic E-state index is 10.8. The highest BCUT2D eigenvalue weighted by atomic mass is 28.3. The normalized spacial score (nSPS) is 10.0. The lowest BCUT2D eigenvalue weighted by Gasteiger charge is -2.03. The third kappa shape index (κ3) is 7.32. The maximum atomic E-state index is 10.8. The van der Waals surface area contributed by atoms with Gasteiger partial charge in [-0.3, -0.25) is 0 Å². The monoisotopic (exact) mass is 185 g/mol. The summed E-state index contributed by atoms with van der Waals surface area (Å²) in [5, 5.41) is 0. The number of hydrogen-bond donors (Lipinski definition) is 1. The molecule has 0 amide bonds. The zero-order valence-electron chi connectivity index (χ0n) is 7.81. The summed E-state index contributed by atoms with van der Waals surface area (Å²) in [6.07, 6.45) is 0. The average molecular weight is 185 g/mol. The lowest BCUT2D eigenvalue weighted by Crippen LogP contribution is -2.18. The van der Waals surface area contributed by atoms with Crippen LogP contribution >= 0.6 is 0 Å². The van der Waals surface area contributed by atoms with Crippen LogP contribution in [0.15, 0.2) is 0 Å². The fourth-order valence-corrected chi connectivity index (χ4v) is 0.903. The summed E-state index contributed by atoms with van der Waals surface area (Å²) in [6.45, 7) is 6.79. The maximum Gasteiger partial charge on any atom is 0.383 e. The third-order valence-corrected chi connectivity index (χ3v) is 1.77. The molecule has 0 saturated carbocycles. The van der Waals surface area contributed by atoms with Gasteiger partial charge in [0.2, 0.25) is 0 Å². The largest absolute Gasteiger partial charge is 0.455 e. The summed E-state index contributed by atoms with van der Waals surface area (Å²) in [6, 6.07) is 0. The van der Waals surface area contributed by atoms with E-state index < -0.39 is 14.0 Å². The Morgan fingerprint density at radius 3 is 2.50 bits per heavy atom. The van der Waals surface area contributed by atoms with Crippen LogP contribution in [0.3, 0.4) is 0 Å². The lowest BCUT2D eigenvalue weighted by molar-refractivity contribution is -0.136. The van der Waals surface area contributed by atoms with Gasteiger partial charge in [0.25, 0.3) is 0 Å². The van der Waals surface area contributed by atoms with E-state index >= 15 is 0 Å². The summed E-state index contributed by atoms with van der Waals surface area (Å²) >= 11 is 0. The van der Waals surface area contributed by atoms with E-state index in [1.165, 1.54) is 0 Å². The molecule has 0 aliphatic carbocycles. The van der Waals surface area contributed by atoms with Crippen molar-refractivity contribution >= 4 is 14.0 Å². The molecular formula is C8H15NO2Si. The second kappa shape index (κ2) is 4.96. The molecule has 0 aliphatic rings. The minimum atomic E-state index is -1.45. The van der Waals surface area contributed by atoms with Gasteiger partial charge in [-0.25, -0.2) is 4.79 Å². The van der Waals surface area contributed by atoms with Crippen LogP contribution < -0.4 is 5.73 Å². The fourth-order valence-electron chi connectivity index (χ4n) is 0.426. The molecule has 4 heteroatoms. The number of carbonyl (C=O) groups excluding carboxylic acids is 1. The minimum absolute atomic E-state index is 0.249. The van der Waals surface area contributed by atoms with Gasteiger partial charge in [-0.15, -0.1) is 5.54 Å². The Hall–Kier alpha value is -0.793. The van der Waals surface area contributed by atoms with Crippen LogP contribution in [0.1, 0.15) is 0 Å². The number of carbonyl (C=O) groups is 1. The highest BCUT2D eigenvalue weighted by Gasteiger charge is 2.08. The predicted octanol–water partition coefficient (Wildman–Crippen LogP) is 0.369. The first-order valence-corrected chi connectivity index (χ1v) is 7.36. The highest BCUT2D eigenvalue weighted by Crippen LogP contribution is 1.95. The van der Waals surface area contributed by atoms with Gasteiger partial charge < -0.3 is 10.5 Å². The van der Waals surface area contributed by atoms with Crippen LogP contribution in [0.5, 0.6) is 0 Å². The van der Waals surface area contributed by atoms with Crippen molar-refractivity contribution in [2.75, 3.05) is 13.2 Å². The Kier molecular flexibility index (Phi) is 4.63. The zero-order chi connectivity index (χ0) is 9.61. The quantitative estimate of drug-likeness (QED) is 0.384. The first-order valence-electron chi connectivity index (χ1n) is 3.86. The highest BCUT2D eigenvalue weighted by molar-refractivity contribution is 6.84. The minimum Gasteiger partial charge on any atom is -0.455 e. The summed E-state index contributed by atoms with van der Waals surface area (Å²) < 4.78 is 4.67. The third-order valence-electron chi connectivity index (χ3n) is 0.891. The van der Waals surface area contributed by atoms with Crippen molar-refractivity contribution in [2.24, 2.45) is 5.73 Å². The number of rotatable bonds is 2. The Bertz CT molecular complexity index is 209. The Morgan fingerprint density at radius 2 is 2.08 bits per heavy atom. The van der Waals surface area contributed by atoms with Crippen LogP contribution in [0.4, 0.5) is 0 Å². The van der Waals surface area contributed by atoms with Gasteiger partial charge in [-0.1, -0.05) is 19.6 Å². The van der Waals surface area contributed by atoms with Crippen LogP contribution in [0.25, 0.3) is 0 Å². The first kappa shape index (κ1) is 11.2. The number of esters is 1. The van der Waals surface area contributed by atoms with Gasteiger partial charge in [0.15, 0.2) is 0 Å². The average Bonchev–Trinajstić information content (AvgIpc) is 1.95. The molecule has 0 bridgehead atoms. The molecule has 0 unspecified atom stereocenters. The first-order chi connectivity index (χ1) is 5.45. The SMILES string of the molecule is C[Si](C)(C)C#CC(=O)OCCN. The number of hydrogen-bond acceptors (Lipinski definition) is 3. The molecule has 0 heterocycles. The van der Waals surface area contributed by atoms with Crippen LogP contribution in [-0.4, -0.2) is 27.2 Å². The molecule has 0 saturated heterocycles. The van der Waals surface area contributed by atoms with E-state index in [9.17, 15) is 4.79 Å². The van der Waals surface area contributed by atoms with Crippen molar-refractivity contribution < 1.29 is 9.53 Å². The van der Waals surface area contributed by atoms with E-state index in [1.54, 1.807) is 0 Å². The van der Waals surface area contributed by atoms with E-state index in [2.05, 4.69) is 35.8 Å². The van der Waals surface area contributed by atoms with Gasteiger partial charge in [0.1, 0.15) is 14.7 Å². The molecule has 0 aromatic carbocycles. The van der Waals surface area contributed by atoms with Crippen molar-refractivity contribution in [3.8, 4) is 11.5 Å². The summed E-state index contributed by atoms with van der Waals surface area (Å²) in [4.78, 5) is 10.8. The molecule has 3 nitrogen and oxygen atoms in total. The molecule has 0 aliphatic heterocycles. The Morgan fingerprint density at radius 1 is 1.50 bits per heavy atom. The van der Waals surface area contributed by atoms with E-state index in [-0.39, 0.29) is 6.61 Å². The lowest BCUT2D eigenvalue weighted by atomic mass is 10.7. The van der Waals surface area contributed by atoms with Crippen molar-refractivity contribution in [1.82, 2.24) is 0 Å². The van der Waals surface area contributed by atoms with Gasteiger partial charge in [0, 0.05) is 12.5 Å². The topological polar surface area (TPSA) is 52.3 Å². The Balaban J connectivity index is 3.88. The summed E-state index contributed by atoms with van der Waals surface area (Å²) in [7, 11) is -1.45. The van der Waals surface area contributed by atoms with Crippen LogP contribution in [0.2, 0.25) is 19.6 Å². The van der Waals surface area contributed by atoms with E-state index in [0.717, 1.165) is 0 Å². The molecule has 0 atom stereocenters. The van der Waals surface area contributed by atoms with Crippen LogP contribution in [-0.2, 0) is 9.53 Å². The molecule has 68 valence electrons. The Labute approximate surface area is 74.3 Å². The second-order valence-corrected chi connectivity index (χ2v) is 8.17. The van der Waals surface area contributed by atoms with Gasteiger partial charge >= 0.3 is 5.97 Å². The smallest absolute Gasteiger partial charge is 0.383 e. The van der Waals surface area contributed by atoms with E-state index in [0.29, 0.717) is 6.54 Å². The molecule has 12 heavy (non-hydrogen) atoms. The molecule has 0 aromatic rings. The van der Waals surface area contributed by atoms with Gasteiger partial charge in [0.05, 0.1) is 0 Å². The molecule has 0 rings (SSSR count). The van der Waals surface area contributed by atoms with E-state index in [4.69, 9.17) is 5.73 Å². The zero-order valence-corrected chi connectivity index (χ0v) is 8.81. The second-order valence-electron chi connectivity index (χ2n) is 3.42. The van der Waals surface area contributed by atoms with Crippen molar-refractivity contribution in [2.45, 2.75) is 19.6 Å². The van der Waals surface area contributed by atoms with Crippen LogP contribution in [0, 0.1) is 11.5 Å². The van der Waals surface area contributed by atoms with Crippen molar-refractivity contribution in [3.63, 3.8) is 0 Å². The predicted molar refractivity (Wildman–Crippen MR) is 51.1 cm³/mol. The van der Waals surface area contributed by atoms with Gasteiger partial charge in [-0.05, 0) is 0 Å². The molecular weight excluding hydrogens is 170 g/mol. The summed E-state index contributed by atoms with van der Waals surface area (Å²) in [5.41, 5.74) is 8.05. The molecule has 2 N–H and O–H groups in total.